The SMILES string of the molecule is O=C(CCn1cnnc1)N1CCCN(CCN2CCOCC2)CC1. The average Bonchev–Trinajstić information content (AvgIpc) is 3.03. The minimum atomic E-state index is 0.235. The zero-order valence-electron chi connectivity index (χ0n) is 14.3. The van der Waals surface area contributed by atoms with Crippen molar-refractivity contribution < 1.29 is 9.53 Å². The number of morpholine rings is 1. The van der Waals surface area contributed by atoms with E-state index in [1.807, 2.05) is 9.47 Å². The normalized spacial score (nSPS) is 20.9. The van der Waals surface area contributed by atoms with Gasteiger partial charge in [-0.1, -0.05) is 0 Å². The second kappa shape index (κ2) is 9.10. The Kier molecular flexibility index (Phi) is 6.57. The van der Waals surface area contributed by atoms with E-state index in [0.29, 0.717) is 13.0 Å². The van der Waals surface area contributed by atoms with Crippen molar-refractivity contribution in [2.24, 2.45) is 0 Å². The third kappa shape index (κ3) is 5.25. The number of nitrogens with zero attached hydrogens (tertiary/aromatic N) is 6. The van der Waals surface area contributed by atoms with Gasteiger partial charge in [0.25, 0.3) is 0 Å². The maximum absolute atomic E-state index is 12.4. The molecule has 2 aliphatic heterocycles. The van der Waals surface area contributed by atoms with E-state index in [0.717, 1.165) is 72.0 Å². The first kappa shape index (κ1) is 17.3. The first-order chi connectivity index (χ1) is 11.8. The van der Waals surface area contributed by atoms with Gasteiger partial charge in [-0.2, -0.15) is 0 Å². The highest BCUT2D eigenvalue weighted by atomic mass is 16.5. The molecule has 3 heterocycles. The Morgan fingerprint density at radius 1 is 0.875 bits per heavy atom. The lowest BCUT2D eigenvalue weighted by molar-refractivity contribution is -0.131. The van der Waals surface area contributed by atoms with E-state index < -0.39 is 0 Å². The molecule has 1 amide bonds. The van der Waals surface area contributed by atoms with Gasteiger partial charge >= 0.3 is 0 Å². The second-order valence-corrected chi connectivity index (χ2v) is 6.48. The van der Waals surface area contributed by atoms with Crippen LogP contribution >= 0.6 is 0 Å². The molecule has 2 aliphatic rings. The van der Waals surface area contributed by atoms with Gasteiger partial charge in [0.1, 0.15) is 12.7 Å². The first-order valence-corrected chi connectivity index (χ1v) is 8.94. The molecule has 0 unspecified atom stereocenters. The molecule has 2 saturated heterocycles. The minimum absolute atomic E-state index is 0.235. The number of ether oxygens (including phenoxy) is 1. The highest BCUT2D eigenvalue weighted by Crippen LogP contribution is 2.06. The number of carbonyl (C=O) groups is 1. The molecular weight excluding hydrogens is 308 g/mol. The van der Waals surface area contributed by atoms with Crippen LogP contribution < -0.4 is 0 Å². The minimum Gasteiger partial charge on any atom is -0.379 e. The van der Waals surface area contributed by atoms with Gasteiger partial charge in [-0.3, -0.25) is 9.69 Å². The second-order valence-electron chi connectivity index (χ2n) is 6.48. The molecule has 0 radical (unpaired) electrons. The van der Waals surface area contributed by atoms with Crippen LogP contribution in [0.25, 0.3) is 0 Å². The molecule has 0 atom stereocenters. The molecular formula is C16H28N6O2. The zero-order valence-corrected chi connectivity index (χ0v) is 14.3. The third-order valence-electron chi connectivity index (χ3n) is 4.83. The Bertz CT molecular complexity index is 489. The molecule has 2 fully saturated rings. The molecule has 1 aromatic heterocycles. The van der Waals surface area contributed by atoms with E-state index in [4.69, 9.17) is 4.74 Å². The Labute approximate surface area is 143 Å². The Morgan fingerprint density at radius 3 is 2.33 bits per heavy atom. The molecule has 1 aromatic rings. The molecule has 0 spiro atoms. The van der Waals surface area contributed by atoms with Crippen LogP contribution in [0.5, 0.6) is 0 Å². The molecule has 8 nitrogen and oxygen atoms in total. The first-order valence-electron chi connectivity index (χ1n) is 8.94. The van der Waals surface area contributed by atoms with Crippen molar-refractivity contribution in [3.8, 4) is 0 Å². The van der Waals surface area contributed by atoms with Crippen LogP contribution in [0.4, 0.5) is 0 Å². The molecule has 24 heavy (non-hydrogen) atoms. The van der Waals surface area contributed by atoms with E-state index in [2.05, 4.69) is 20.0 Å². The molecule has 8 heteroatoms. The van der Waals surface area contributed by atoms with Gasteiger partial charge in [-0.25, -0.2) is 0 Å². The summed E-state index contributed by atoms with van der Waals surface area (Å²) >= 11 is 0. The fourth-order valence-electron chi connectivity index (χ4n) is 3.27. The van der Waals surface area contributed by atoms with Crippen LogP contribution in [0.2, 0.25) is 0 Å². The summed E-state index contributed by atoms with van der Waals surface area (Å²) < 4.78 is 7.24. The van der Waals surface area contributed by atoms with E-state index in [1.54, 1.807) is 12.7 Å². The van der Waals surface area contributed by atoms with Gasteiger partial charge in [0.05, 0.1) is 13.2 Å². The van der Waals surface area contributed by atoms with Gasteiger partial charge in [-0.15, -0.1) is 10.2 Å². The molecule has 0 aromatic carbocycles. The maximum Gasteiger partial charge on any atom is 0.224 e. The number of aryl methyl sites for hydroxylation is 1. The smallest absolute Gasteiger partial charge is 0.224 e. The highest BCUT2D eigenvalue weighted by Gasteiger charge is 2.19. The lowest BCUT2D eigenvalue weighted by Crippen LogP contribution is -2.42. The molecule has 3 rings (SSSR count). The summed E-state index contributed by atoms with van der Waals surface area (Å²) in [5, 5.41) is 7.53. The van der Waals surface area contributed by atoms with Gasteiger partial charge in [0, 0.05) is 58.8 Å². The van der Waals surface area contributed by atoms with Crippen molar-refractivity contribution in [1.82, 2.24) is 29.5 Å². The summed E-state index contributed by atoms with van der Waals surface area (Å²) in [4.78, 5) is 19.4. The lowest BCUT2D eigenvalue weighted by Gasteiger charge is -2.29. The molecule has 0 aliphatic carbocycles. The van der Waals surface area contributed by atoms with Crippen LogP contribution in [0.15, 0.2) is 12.7 Å². The Hall–Kier alpha value is -1.51. The number of carbonyl (C=O) groups excluding carboxylic acids is 1. The van der Waals surface area contributed by atoms with Gasteiger partial charge in [0.2, 0.25) is 5.91 Å². The monoisotopic (exact) mass is 336 g/mol. The van der Waals surface area contributed by atoms with Crippen molar-refractivity contribution in [1.29, 1.82) is 0 Å². The molecule has 134 valence electrons. The van der Waals surface area contributed by atoms with E-state index >= 15 is 0 Å². The zero-order chi connectivity index (χ0) is 16.6. The average molecular weight is 336 g/mol. The predicted molar refractivity (Wildman–Crippen MR) is 89.5 cm³/mol. The van der Waals surface area contributed by atoms with Crippen LogP contribution in [0.1, 0.15) is 12.8 Å². The maximum atomic E-state index is 12.4. The Morgan fingerprint density at radius 2 is 1.58 bits per heavy atom. The third-order valence-corrected chi connectivity index (χ3v) is 4.83. The summed E-state index contributed by atoms with van der Waals surface area (Å²) in [6.45, 7) is 10.4. The largest absolute Gasteiger partial charge is 0.379 e. The van der Waals surface area contributed by atoms with Crippen molar-refractivity contribution in [2.75, 3.05) is 65.6 Å². The number of aromatic nitrogens is 3. The van der Waals surface area contributed by atoms with Crippen LogP contribution in [0, 0.1) is 0 Å². The molecule has 0 N–H and O–H groups in total. The lowest BCUT2D eigenvalue weighted by atomic mass is 10.3. The van der Waals surface area contributed by atoms with Crippen molar-refractivity contribution >= 4 is 5.91 Å². The fraction of sp³-hybridized carbons (Fsp3) is 0.812. The summed E-state index contributed by atoms with van der Waals surface area (Å²) in [5.74, 6) is 0.235. The van der Waals surface area contributed by atoms with Gasteiger partial charge in [-0.05, 0) is 13.0 Å². The topological polar surface area (TPSA) is 66.7 Å². The molecule has 0 bridgehead atoms. The fourth-order valence-corrected chi connectivity index (χ4v) is 3.27. The number of amides is 1. The summed E-state index contributed by atoms with van der Waals surface area (Å²) in [6.07, 6.45) is 4.89. The van der Waals surface area contributed by atoms with Crippen LogP contribution in [-0.4, -0.2) is 101 Å². The Balaban J connectivity index is 1.36. The number of hydrogen-bond donors (Lipinski definition) is 0. The number of rotatable bonds is 6. The summed E-state index contributed by atoms with van der Waals surface area (Å²) in [7, 11) is 0. The molecule has 0 saturated carbocycles. The summed E-state index contributed by atoms with van der Waals surface area (Å²) in [6, 6.07) is 0. The highest BCUT2D eigenvalue weighted by molar-refractivity contribution is 5.76. The van der Waals surface area contributed by atoms with Crippen LogP contribution in [0.3, 0.4) is 0 Å². The van der Waals surface area contributed by atoms with Gasteiger partial charge in [0.15, 0.2) is 0 Å². The van der Waals surface area contributed by atoms with Gasteiger partial charge < -0.3 is 19.1 Å². The van der Waals surface area contributed by atoms with E-state index in [9.17, 15) is 4.79 Å². The van der Waals surface area contributed by atoms with Crippen molar-refractivity contribution in [3.63, 3.8) is 0 Å². The van der Waals surface area contributed by atoms with Crippen molar-refractivity contribution in [2.45, 2.75) is 19.4 Å². The number of hydrogen-bond acceptors (Lipinski definition) is 6. The van der Waals surface area contributed by atoms with Crippen LogP contribution in [-0.2, 0) is 16.1 Å². The predicted octanol–water partition coefficient (Wildman–Crippen LogP) is -0.465. The summed E-state index contributed by atoms with van der Waals surface area (Å²) in [5.41, 5.74) is 0. The van der Waals surface area contributed by atoms with Crippen molar-refractivity contribution in [3.05, 3.63) is 12.7 Å². The van der Waals surface area contributed by atoms with E-state index in [-0.39, 0.29) is 5.91 Å². The van der Waals surface area contributed by atoms with E-state index in [1.165, 1.54) is 0 Å². The quantitative estimate of drug-likeness (QED) is 0.700. The standard InChI is InChI=1S/C16H28N6O2/c23-16(2-5-21-14-17-18-15-21)22-4-1-3-19(8-9-22)6-7-20-10-12-24-13-11-20/h14-15H,1-13H2.